The fourth-order valence-electron chi connectivity index (χ4n) is 2.90. The maximum Gasteiger partial charge on any atom is 0.304 e. The third kappa shape index (κ3) is 4.41. The molecule has 0 aliphatic rings. The largest absolute Gasteiger partial charge is 0.481 e. The van der Waals surface area contributed by atoms with Gasteiger partial charge < -0.3 is 5.11 Å². The molecule has 0 aliphatic carbocycles. The molecule has 2 aromatic carbocycles. The summed E-state index contributed by atoms with van der Waals surface area (Å²) in [6.45, 7) is 4.43. The number of aromatic nitrogens is 2. The summed E-state index contributed by atoms with van der Waals surface area (Å²) in [7, 11) is 0. The predicted molar refractivity (Wildman–Crippen MR) is 106 cm³/mol. The molecule has 0 fully saturated rings. The Hall–Kier alpha value is -2.40. The fraction of sp³-hybridized carbons (Fsp3) is 0.286. The van der Waals surface area contributed by atoms with Crippen molar-refractivity contribution in [1.29, 1.82) is 0 Å². The molecule has 0 unspecified atom stereocenters. The highest BCUT2D eigenvalue weighted by atomic mass is 32.2. The highest BCUT2D eigenvalue weighted by molar-refractivity contribution is 7.99. The van der Waals surface area contributed by atoms with Gasteiger partial charge in [-0.1, -0.05) is 62.4 Å². The smallest absolute Gasteiger partial charge is 0.304 e. The first kappa shape index (κ1) is 18.4. The first-order valence-corrected chi connectivity index (χ1v) is 9.72. The molecule has 0 amide bonds. The third-order valence-electron chi connectivity index (χ3n) is 4.08. The van der Waals surface area contributed by atoms with E-state index in [4.69, 9.17) is 5.11 Å². The molecule has 0 aliphatic heterocycles. The average molecular weight is 366 g/mol. The quantitative estimate of drug-likeness (QED) is 0.592. The van der Waals surface area contributed by atoms with E-state index in [9.17, 15) is 4.79 Å². The number of carbonyl (C=O) groups is 1. The van der Waals surface area contributed by atoms with Gasteiger partial charge >= 0.3 is 5.97 Å². The zero-order chi connectivity index (χ0) is 18.5. The number of carboxylic acids is 1. The van der Waals surface area contributed by atoms with Gasteiger partial charge in [0.2, 0.25) is 0 Å². The lowest BCUT2D eigenvalue weighted by Gasteiger charge is -2.10. The molecule has 0 spiro atoms. The van der Waals surface area contributed by atoms with Crippen LogP contribution in [0.25, 0.3) is 22.0 Å². The molecule has 1 aromatic heterocycles. The van der Waals surface area contributed by atoms with Crippen LogP contribution in [-0.2, 0) is 11.2 Å². The van der Waals surface area contributed by atoms with Crippen LogP contribution in [-0.4, -0.2) is 27.0 Å². The van der Waals surface area contributed by atoms with E-state index in [1.807, 2.05) is 24.3 Å². The monoisotopic (exact) mass is 366 g/mol. The number of carboxylic acid groups (broad SMARTS) is 1. The van der Waals surface area contributed by atoms with E-state index < -0.39 is 5.97 Å². The van der Waals surface area contributed by atoms with Crippen LogP contribution < -0.4 is 0 Å². The molecule has 3 rings (SSSR count). The van der Waals surface area contributed by atoms with Crippen molar-refractivity contribution >= 4 is 28.5 Å². The molecule has 134 valence electrons. The lowest BCUT2D eigenvalue weighted by molar-refractivity contribution is -0.136. The zero-order valence-electron chi connectivity index (χ0n) is 15.0. The molecular formula is C21H22N2O2S. The topological polar surface area (TPSA) is 63.1 Å². The van der Waals surface area contributed by atoms with Crippen LogP contribution in [0.2, 0.25) is 0 Å². The van der Waals surface area contributed by atoms with E-state index in [1.165, 1.54) is 17.3 Å². The molecule has 5 heteroatoms. The normalized spacial score (nSPS) is 11.2. The van der Waals surface area contributed by atoms with Gasteiger partial charge in [0.15, 0.2) is 0 Å². The number of rotatable bonds is 7. The van der Waals surface area contributed by atoms with E-state index >= 15 is 0 Å². The summed E-state index contributed by atoms with van der Waals surface area (Å²) < 4.78 is 0. The molecule has 26 heavy (non-hydrogen) atoms. The van der Waals surface area contributed by atoms with Crippen molar-refractivity contribution in [3.8, 4) is 11.3 Å². The minimum absolute atomic E-state index is 0.111. The number of thioether (sulfide) groups is 1. The highest BCUT2D eigenvalue weighted by Gasteiger charge is 2.12. The Balaban J connectivity index is 1.93. The predicted octanol–water partition coefficient (Wildman–Crippen LogP) is 5.06. The Morgan fingerprint density at radius 1 is 1.04 bits per heavy atom. The van der Waals surface area contributed by atoms with Gasteiger partial charge in [0.25, 0.3) is 0 Å². The van der Waals surface area contributed by atoms with E-state index in [-0.39, 0.29) is 6.42 Å². The molecule has 1 heterocycles. The molecule has 4 nitrogen and oxygen atoms in total. The Bertz CT molecular complexity index is 908. The summed E-state index contributed by atoms with van der Waals surface area (Å²) >= 11 is 1.44. The first-order chi connectivity index (χ1) is 12.5. The summed E-state index contributed by atoms with van der Waals surface area (Å²) in [5.41, 5.74) is 3.23. The van der Waals surface area contributed by atoms with Gasteiger partial charge in [-0.3, -0.25) is 4.79 Å². The Labute approximate surface area is 157 Å². The van der Waals surface area contributed by atoms with E-state index in [0.717, 1.165) is 33.5 Å². The molecule has 0 atom stereocenters. The average Bonchev–Trinajstić information content (AvgIpc) is 2.62. The third-order valence-corrected chi connectivity index (χ3v) is 5.06. The van der Waals surface area contributed by atoms with Gasteiger partial charge in [-0.15, -0.1) is 22.0 Å². The fourth-order valence-corrected chi connectivity index (χ4v) is 3.81. The molecular weight excluding hydrogens is 344 g/mol. The van der Waals surface area contributed by atoms with Crippen molar-refractivity contribution in [2.75, 3.05) is 5.75 Å². The van der Waals surface area contributed by atoms with Crippen LogP contribution in [0, 0.1) is 5.92 Å². The van der Waals surface area contributed by atoms with Crippen molar-refractivity contribution in [2.45, 2.75) is 31.7 Å². The lowest BCUT2D eigenvalue weighted by atomic mass is 9.99. The number of hydrogen-bond acceptors (Lipinski definition) is 4. The SMILES string of the molecule is CC(C)Cc1ccc(-c2nnc(SCCC(=O)O)c3ccccc23)cc1. The maximum atomic E-state index is 10.7. The number of aliphatic carboxylic acids is 1. The summed E-state index contributed by atoms with van der Waals surface area (Å²) in [6, 6.07) is 16.5. The molecule has 0 radical (unpaired) electrons. The van der Waals surface area contributed by atoms with Gasteiger partial charge in [-0.05, 0) is 17.9 Å². The van der Waals surface area contributed by atoms with E-state index in [0.29, 0.717) is 11.7 Å². The standard InChI is InChI=1S/C21H22N2O2S/c1-14(2)13-15-7-9-16(10-8-15)20-17-5-3-4-6-18(17)21(23-22-20)26-12-11-19(24)25/h3-10,14H,11-13H2,1-2H3,(H,24,25). The maximum absolute atomic E-state index is 10.7. The van der Waals surface area contributed by atoms with Crippen LogP contribution >= 0.6 is 11.8 Å². The molecule has 3 aromatic rings. The first-order valence-electron chi connectivity index (χ1n) is 8.74. The van der Waals surface area contributed by atoms with Crippen LogP contribution in [0.4, 0.5) is 0 Å². The second kappa shape index (κ2) is 8.32. The minimum Gasteiger partial charge on any atom is -0.481 e. The van der Waals surface area contributed by atoms with Crippen molar-refractivity contribution < 1.29 is 9.90 Å². The van der Waals surface area contributed by atoms with Crippen LogP contribution in [0.1, 0.15) is 25.8 Å². The lowest BCUT2D eigenvalue weighted by Crippen LogP contribution is -1.98. The molecule has 0 saturated carbocycles. The molecule has 0 bridgehead atoms. The van der Waals surface area contributed by atoms with Gasteiger partial charge in [-0.2, -0.15) is 0 Å². The van der Waals surface area contributed by atoms with Crippen molar-refractivity contribution in [2.24, 2.45) is 5.92 Å². The Morgan fingerprint density at radius 3 is 2.38 bits per heavy atom. The van der Waals surface area contributed by atoms with Gasteiger partial charge in [0, 0.05) is 22.1 Å². The van der Waals surface area contributed by atoms with Crippen LogP contribution in [0.5, 0.6) is 0 Å². The Morgan fingerprint density at radius 2 is 1.73 bits per heavy atom. The second-order valence-electron chi connectivity index (χ2n) is 6.69. The minimum atomic E-state index is -0.798. The summed E-state index contributed by atoms with van der Waals surface area (Å²) in [6.07, 6.45) is 1.17. The number of benzene rings is 2. The summed E-state index contributed by atoms with van der Waals surface area (Å²) in [5.74, 6) is 0.313. The van der Waals surface area contributed by atoms with Gasteiger partial charge in [0.05, 0.1) is 6.42 Å². The van der Waals surface area contributed by atoms with Crippen molar-refractivity contribution in [3.05, 3.63) is 54.1 Å². The number of fused-ring (bicyclic) bond motifs is 1. The molecule has 1 N–H and O–H groups in total. The zero-order valence-corrected chi connectivity index (χ0v) is 15.8. The van der Waals surface area contributed by atoms with Crippen molar-refractivity contribution in [1.82, 2.24) is 10.2 Å². The number of hydrogen-bond donors (Lipinski definition) is 1. The van der Waals surface area contributed by atoms with E-state index in [2.05, 4.69) is 48.3 Å². The second-order valence-corrected chi connectivity index (χ2v) is 7.77. The Kier molecular flexibility index (Phi) is 5.89. The van der Waals surface area contributed by atoms with Crippen LogP contribution in [0.15, 0.2) is 53.6 Å². The van der Waals surface area contributed by atoms with Gasteiger partial charge in [-0.25, -0.2) is 0 Å². The molecule has 0 saturated heterocycles. The van der Waals surface area contributed by atoms with Gasteiger partial charge in [0.1, 0.15) is 10.7 Å². The van der Waals surface area contributed by atoms with Crippen LogP contribution in [0.3, 0.4) is 0 Å². The van der Waals surface area contributed by atoms with E-state index in [1.54, 1.807) is 0 Å². The number of nitrogens with zero attached hydrogens (tertiary/aromatic N) is 2. The summed E-state index contributed by atoms with van der Waals surface area (Å²) in [4.78, 5) is 10.7. The summed E-state index contributed by atoms with van der Waals surface area (Å²) in [5, 5.41) is 20.5. The van der Waals surface area contributed by atoms with Crippen molar-refractivity contribution in [3.63, 3.8) is 0 Å². The highest BCUT2D eigenvalue weighted by Crippen LogP contribution is 2.32.